The summed E-state index contributed by atoms with van der Waals surface area (Å²) in [6.45, 7) is 7.94. The van der Waals surface area contributed by atoms with E-state index >= 15 is 0 Å². The third-order valence-electron chi connectivity index (χ3n) is 5.90. The first-order chi connectivity index (χ1) is 18.0. The minimum absolute atomic E-state index is 0.0467. The van der Waals surface area contributed by atoms with Gasteiger partial charge < -0.3 is 24.8 Å². The van der Waals surface area contributed by atoms with Gasteiger partial charge in [0, 0.05) is 38.7 Å². The first kappa shape index (κ1) is 29.8. The van der Waals surface area contributed by atoms with Crippen LogP contribution in [0.2, 0.25) is 0 Å². The molecule has 8 nitrogen and oxygen atoms in total. The number of benzene rings is 1. The highest BCUT2D eigenvalue weighted by atomic mass is 19.4. The third kappa shape index (κ3) is 7.24. The fourth-order valence-electron chi connectivity index (χ4n) is 4.13. The molecule has 0 unspecified atom stereocenters. The smallest absolute Gasteiger partial charge is 0.444 e. The lowest BCUT2D eigenvalue weighted by Crippen LogP contribution is -2.45. The minimum Gasteiger partial charge on any atom is -0.444 e. The number of alkyl carbamates (subject to hydrolysis) is 1. The van der Waals surface area contributed by atoms with Crippen molar-refractivity contribution in [1.82, 2.24) is 25.1 Å². The molecule has 0 fully saturated rings. The number of amides is 2. The van der Waals surface area contributed by atoms with E-state index in [2.05, 4.69) is 22.2 Å². The molecule has 214 valence electrons. The number of hydrogen-bond donors (Lipinski definition) is 2. The van der Waals surface area contributed by atoms with Crippen LogP contribution in [0.5, 0.6) is 0 Å². The molecule has 2 N–H and O–H groups in total. The average molecular weight is 562 g/mol. The van der Waals surface area contributed by atoms with Gasteiger partial charge in [0.05, 0.1) is 17.9 Å². The van der Waals surface area contributed by atoms with Crippen LogP contribution in [0.1, 0.15) is 50.0 Å². The number of halogens is 6. The highest BCUT2D eigenvalue weighted by Gasteiger charge is 2.41. The maximum Gasteiger partial charge on any atom is 0.449 e. The molecular formula is C25H29F6N5O3. The number of carbonyl (C=O) groups is 2. The molecule has 14 heteroatoms. The first-order valence-electron chi connectivity index (χ1n) is 11.9. The summed E-state index contributed by atoms with van der Waals surface area (Å²) in [7, 11) is 1.47. The number of carbonyl (C=O) groups excluding carboxylic acids is 2. The molecule has 0 spiro atoms. The minimum atomic E-state index is -4.73. The first-order valence-corrected chi connectivity index (χ1v) is 11.9. The van der Waals surface area contributed by atoms with Crippen molar-refractivity contribution in [3.63, 3.8) is 0 Å². The van der Waals surface area contributed by atoms with Gasteiger partial charge in [-0.25, -0.2) is 22.9 Å². The Bertz CT molecular complexity index is 1270. The highest BCUT2D eigenvalue weighted by Crippen LogP contribution is 2.34. The fourth-order valence-corrected chi connectivity index (χ4v) is 4.13. The van der Waals surface area contributed by atoms with E-state index in [9.17, 15) is 35.9 Å². The largest absolute Gasteiger partial charge is 0.449 e. The van der Waals surface area contributed by atoms with Crippen molar-refractivity contribution in [3.05, 3.63) is 58.9 Å². The Labute approximate surface area is 221 Å². The summed E-state index contributed by atoms with van der Waals surface area (Å²) in [6, 6.07) is -0.125. The number of imidazole rings is 1. The predicted molar refractivity (Wildman–Crippen MR) is 129 cm³/mol. The Morgan fingerprint density at radius 1 is 1.10 bits per heavy atom. The normalized spacial score (nSPS) is 14.5. The number of nitrogens with one attached hydrogen (secondary N) is 2. The van der Waals surface area contributed by atoms with Gasteiger partial charge in [0.2, 0.25) is 11.7 Å². The molecule has 1 aliphatic rings. The number of aromatic nitrogens is 2. The number of ether oxygens (including phenoxy) is 1. The van der Waals surface area contributed by atoms with Gasteiger partial charge in [0.1, 0.15) is 17.1 Å². The second-order valence-corrected chi connectivity index (χ2v) is 10.0. The Kier molecular flexibility index (Phi) is 8.56. The van der Waals surface area contributed by atoms with E-state index in [0.29, 0.717) is 12.1 Å². The number of hydrogen-bond acceptors (Lipinski definition) is 5. The summed E-state index contributed by atoms with van der Waals surface area (Å²) in [5.74, 6) is -5.48. The van der Waals surface area contributed by atoms with Crippen molar-refractivity contribution in [1.29, 1.82) is 0 Å². The van der Waals surface area contributed by atoms with Crippen molar-refractivity contribution >= 4 is 17.7 Å². The number of nitrogens with zero attached hydrogens (tertiary/aromatic N) is 3. The molecule has 0 saturated heterocycles. The van der Waals surface area contributed by atoms with Gasteiger partial charge >= 0.3 is 12.3 Å². The molecule has 1 aromatic heterocycles. The second-order valence-electron chi connectivity index (χ2n) is 10.0. The molecule has 1 aliphatic heterocycles. The van der Waals surface area contributed by atoms with Crippen molar-refractivity contribution in [2.45, 2.75) is 64.5 Å². The zero-order valence-electron chi connectivity index (χ0n) is 21.8. The maximum atomic E-state index is 14.3. The van der Waals surface area contributed by atoms with E-state index in [-0.39, 0.29) is 48.7 Å². The molecule has 0 saturated carbocycles. The fraction of sp³-hybridized carbons (Fsp3) is 0.480. The van der Waals surface area contributed by atoms with Crippen LogP contribution in [0.3, 0.4) is 0 Å². The van der Waals surface area contributed by atoms with Crippen molar-refractivity contribution in [2.24, 2.45) is 0 Å². The summed E-state index contributed by atoms with van der Waals surface area (Å²) in [5, 5.41) is 5.11. The molecule has 0 bridgehead atoms. The molecule has 2 heterocycles. The van der Waals surface area contributed by atoms with Gasteiger partial charge in [-0.15, -0.1) is 0 Å². The van der Waals surface area contributed by atoms with Gasteiger partial charge in [-0.05, 0) is 38.8 Å². The van der Waals surface area contributed by atoms with E-state index in [0.717, 1.165) is 4.57 Å². The lowest BCUT2D eigenvalue weighted by atomic mass is 10.0. The van der Waals surface area contributed by atoms with Gasteiger partial charge in [-0.1, -0.05) is 6.58 Å². The maximum absolute atomic E-state index is 14.3. The summed E-state index contributed by atoms with van der Waals surface area (Å²) in [4.78, 5) is 30.6. The molecule has 39 heavy (non-hydrogen) atoms. The van der Waals surface area contributed by atoms with E-state index in [1.54, 1.807) is 20.8 Å². The molecule has 1 atom stereocenters. The van der Waals surface area contributed by atoms with Gasteiger partial charge in [-0.3, -0.25) is 4.79 Å². The lowest BCUT2D eigenvalue weighted by molar-refractivity contribution is -0.148. The Hall–Kier alpha value is -3.71. The summed E-state index contributed by atoms with van der Waals surface area (Å²) < 4.78 is 88.4. The monoisotopic (exact) mass is 561 g/mol. The van der Waals surface area contributed by atoms with Gasteiger partial charge in [0.15, 0.2) is 11.6 Å². The molecule has 2 amide bonds. The van der Waals surface area contributed by atoms with Crippen molar-refractivity contribution in [3.8, 4) is 0 Å². The Balaban J connectivity index is 1.86. The second kappa shape index (κ2) is 11.2. The average Bonchev–Trinajstić information content (AvgIpc) is 3.20. The molecule has 3 rings (SSSR count). The standard InChI is InChI=1S/C25H29F6N5O3/c1-13(32-5)21-19-12-35(6-7-36(19)22(34-21)25(29,30)31)20(37)10-15(33-23(38)39-24(2,3)4)8-14-9-17(27)18(28)11-16(14)26/h9,11,15,32H,1,6-8,10,12H2,2-5H3,(H,33,38)/t15-/m1/s1. The Morgan fingerprint density at radius 3 is 2.33 bits per heavy atom. The SMILES string of the molecule is C=C(NC)c1nc(C(F)(F)F)n2c1CN(C(=O)C[C@@H](Cc1cc(F)c(F)cc1F)NC(=O)OC(C)(C)C)CC2. The predicted octanol–water partition coefficient (Wildman–Crippen LogP) is 4.38. The zero-order valence-corrected chi connectivity index (χ0v) is 21.8. The molecule has 2 aromatic rings. The summed E-state index contributed by atoms with van der Waals surface area (Å²) >= 11 is 0. The molecule has 0 radical (unpaired) electrons. The van der Waals surface area contributed by atoms with Crippen molar-refractivity contribution < 1.29 is 40.7 Å². The van der Waals surface area contributed by atoms with Gasteiger partial charge in [0.25, 0.3) is 0 Å². The van der Waals surface area contributed by atoms with Crippen LogP contribution in [0.15, 0.2) is 18.7 Å². The van der Waals surface area contributed by atoms with Crippen LogP contribution in [-0.2, 0) is 35.2 Å². The van der Waals surface area contributed by atoms with Crippen LogP contribution in [0, 0.1) is 17.5 Å². The molecule has 1 aromatic carbocycles. The van der Waals surface area contributed by atoms with Crippen LogP contribution >= 0.6 is 0 Å². The van der Waals surface area contributed by atoms with Crippen LogP contribution in [0.25, 0.3) is 5.70 Å². The lowest BCUT2D eigenvalue weighted by Gasteiger charge is -2.31. The summed E-state index contributed by atoms with van der Waals surface area (Å²) in [6.07, 6.45) is -6.48. The summed E-state index contributed by atoms with van der Waals surface area (Å²) in [5.41, 5.74) is -0.998. The molecule has 0 aliphatic carbocycles. The topological polar surface area (TPSA) is 88.5 Å². The van der Waals surface area contributed by atoms with Crippen LogP contribution in [0.4, 0.5) is 31.1 Å². The van der Waals surface area contributed by atoms with E-state index < -0.39 is 59.5 Å². The zero-order chi connectivity index (χ0) is 29.3. The number of alkyl halides is 3. The highest BCUT2D eigenvalue weighted by molar-refractivity contribution is 5.78. The van der Waals surface area contributed by atoms with Gasteiger partial charge in [-0.2, -0.15) is 13.2 Å². The van der Waals surface area contributed by atoms with E-state index in [4.69, 9.17) is 4.74 Å². The van der Waals surface area contributed by atoms with E-state index in [1.165, 1.54) is 11.9 Å². The Morgan fingerprint density at radius 2 is 1.74 bits per heavy atom. The quantitative estimate of drug-likeness (QED) is 0.387. The number of rotatable bonds is 7. The third-order valence-corrected chi connectivity index (χ3v) is 5.90. The molecular weight excluding hydrogens is 532 g/mol. The van der Waals surface area contributed by atoms with Crippen molar-refractivity contribution in [2.75, 3.05) is 13.6 Å². The van der Waals surface area contributed by atoms with E-state index in [1.807, 2.05) is 0 Å². The van der Waals surface area contributed by atoms with Crippen LogP contribution in [-0.4, -0.2) is 51.7 Å². The van der Waals surface area contributed by atoms with Crippen LogP contribution < -0.4 is 10.6 Å². The number of fused-ring (bicyclic) bond motifs is 1.